The van der Waals surface area contributed by atoms with Crippen LogP contribution in [0.4, 0.5) is 0 Å². The van der Waals surface area contributed by atoms with Crippen molar-refractivity contribution in [1.82, 2.24) is 0 Å². The van der Waals surface area contributed by atoms with Crippen LogP contribution >= 0.6 is 11.6 Å². The molecule has 58 valence electrons. The minimum atomic E-state index is -0.815. The Morgan fingerprint density at radius 1 is 1.80 bits per heavy atom. The van der Waals surface area contributed by atoms with Gasteiger partial charge in [0.25, 0.3) is 0 Å². The van der Waals surface area contributed by atoms with Crippen LogP contribution < -0.4 is 0 Å². The summed E-state index contributed by atoms with van der Waals surface area (Å²) in [7, 11) is 0. The van der Waals surface area contributed by atoms with Crippen LogP contribution in [-0.4, -0.2) is 17.0 Å². The van der Waals surface area contributed by atoms with E-state index in [-0.39, 0.29) is 0 Å². The molecule has 0 aliphatic heterocycles. The number of hydrogen-bond acceptors (Lipinski definition) is 1. The molecule has 0 aliphatic rings. The van der Waals surface area contributed by atoms with E-state index in [1.165, 1.54) is 0 Å². The first-order valence-corrected chi connectivity index (χ1v) is 3.57. The molecule has 0 saturated carbocycles. The standard InChI is InChI=1S/C7H11ClO2/c1-5(4-8)3-6(2)7(9)10/h3,6H,4H2,1-2H3,(H,9,10)/t6-/m1/s1. The normalized spacial score (nSPS) is 14.9. The predicted molar refractivity (Wildman–Crippen MR) is 41.3 cm³/mol. The van der Waals surface area contributed by atoms with Crippen LogP contribution in [0.3, 0.4) is 0 Å². The Kier molecular flexibility index (Phi) is 4.12. The molecule has 1 atom stereocenters. The van der Waals surface area contributed by atoms with Gasteiger partial charge in [-0.25, -0.2) is 0 Å². The Morgan fingerprint density at radius 3 is 2.60 bits per heavy atom. The number of alkyl halides is 1. The molecule has 0 heterocycles. The van der Waals surface area contributed by atoms with Crippen LogP contribution in [0.1, 0.15) is 13.8 Å². The zero-order valence-electron chi connectivity index (χ0n) is 6.10. The van der Waals surface area contributed by atoms with Crippen molar-refractivity contribution < 1.29 is 9.90 Å². The van der Waals surface area contributed by atoms with E-state index in [4.69, 9.17) is 16.7 Å². The summed E-state index contributed by atoms with van der Waals surface area (Å²) in [6, 6.07) is 0. The molecule has 0 spiro atoms. The second-order valence-corrected chi connectivity index (χ2v) is 2.54. The van der Waals surface area contributed by atoms with E-state index in [9.17, 15) is 4.79 Å². The minimum Gasteiger partial charge on any atom is -0.481 e. The number of carboxylic acids is 1. The van der Waals surface area contributed by atoms with Gasteiger partial charge in [-0.1, -0.05) is 11.6 Å². The van der Waals surface area contributed by atoms with Crippen molar-refractivity contribution in [2.75, 3.05) is 5.88 Å². The topological polar surface area (TPSA) is 37.3 Å². The summed E-state index contributed by atoms with van der Waals surface area (Å²) in [6.45, 7) is 3.44. The van der Waals surface area contributed by atoms with Crippen molar-refractivity contribution in [3.8, 4) is 0 Å². The van der Waals surface area contributed by atoms with Crippen LogP contribution in [0.15, 0.2) is 11.6 Å². The highest BCUT2D eigenvalue weighted by atomic mass is 35.5. The fourth-order valence-electron chi connectivity index (χ4n) is 0.543. The molecule has 0 amide bonds. The molecule has 0 aromatic heterocycles. The van der Waals surface area contributed by atoms with Gasteiger partial charge in [-0.3, -0.25) is 4.79 Å². The first kappa shape index (κ1) is 9.50. The van der Waals surface area contributed by atoms with Gasteiger partial charge in [0.05, 0.1) is 5.92 Å². The second-order valence-electron chi connectivity index (χ2n) is 2.27. The first-order chi connectivity index (χ1) is 4.57. The Balaban J connectivity index is 3.99. The van der Waals surface area contributed by atoms with Gasteiger partial charge in [-0.15, -0.1) is 11.6 Å². The third-order valence-electron chi connectivity index (χ3n) is 1.13. The molecular weight excluding hydrogens is 152 g/mol. The monoisotopic (exact) mass is 162 g/mol. The van der Waals surface area contributed by atoms with Crippen molar-refractivity contribution >= 4 is 17.6 Å². The summed E-state index contributed by atoms with van der Waals surface area (Å²) in [5, 5.41) is 8.44. The van der Waals surface area contributed by atoms with Gasteiger partial charge < -0.3 is 5.11 Å². The maximum Gasteiger partial charge on any atom is 0.310 e. The lowest BCUT2D eigenvalue weighted by molar-refractivity contribution is -0.139. The molecule has 3 heteroatoms. The number of aliphatic carboxylic acids is 1. The number of rotatable bonds is 3. The summed E-state index contributed by atoms with van der Waals surface area (Å²) in [6.07, 6.45) is 1.65. The van der Waals surface area contributed by atoms with E-state index < -0.39 is 11.9 Å². The molecule has 0 radical (unpaired) electrons. The third kappa shape index (κ3) is 3.51. The van der Waals surface area contributed by atoms with Crippen molar-refractivity contribution in [2.24, 2.45) is 5.92 Å². The summed E-state index contributed by atoms with van der Waals surface area (Å²) in [4.78, 5) is 10.3. The van der Waals surface area contributed by atoms with Crippen molar-refractivity contribution in [3.63, 3.8) is 0 Å². The van der Waals surface area contributed by atoms with E-state index >= 15 is 0 Å². The van der Waals surface area contributed by atoms with Gasteiger partial charge in [-0.2, -0.15) is 0 Å². The largest absolute Gasteiger partial charge is 0.481 e. The summed E-state index contributed by atoms with van der Waals surface area (Å²) in [5.74, 6) is -0.847. The predicted octanol–water partition coefficient (Wildman–Crippen LogP) is 1.89. The molecule has 0 saturated heterocycles. The highest BCUT2D eigenvalue weighted by molar-refractivity contribution is 6.19. The van der Waals surface area contributed by atoms with E-state index in [2.05, 4.69) is 0 Å². The molecule has 0 bridgehead atoms. The van der Waals surface area contributed by atoms with Gasteiger partial charge >= 0.3 is 5.97 Å². The highest BCUT2D eigenvalue weighted by Gasteiger charge is 2.06. The Labute approximate surface area is 65.5 Å². The second kappa shape index (κ2) is 4.34. The molecule has 0 fully saturated rings. The maximum absolute atomic E-state index is 10.3. The summed E-state index contributed by atoms with van der Waals surface area (Å²) >= 11 is 5.44. The van der Waals surface area contributed by atoms with Gasteiger partial charge in [0.2, 0.25) is 0 Å². The lowest BCUT2D eigenvalue weighted by Gasteiger charge is -1.99. The van der Waals surface area contributed by atoms with E-state index in [0.717, 1.165) is 5.57 Å². The van der Waals surface area contributed by atoms with E-state index in [1.54, 1.807) is 13.0 Å². The zero-order valence-corrected chi connectivity index (χ0v) is 6.85. The SMILES string of the molecule is CC(=C[C@@H](C)C(=O)O)CCl. The lowest BCUT2D eigenvalue weighted by atomic mass is 10.1. The quantitative estimate of drug-likeness (QED) is 0.508. The minimum absolute atomic E-state index is 0.400. The molecule has 10 heavy (non-hydrogen) atoms. The zero-order chi connectivity index (χ0) is 8.15. The fraction of sp³-hybridized carbons (Fsp3) is 0.571. The smallest absolute Gasteiger partial charge is 0.310 e. The molecular formula is C7H11ClO2. The van der Waals surface area contributed by atoms with Crippen LogP contribution in [0.25, 0.3) is 0 Å². The molecule has 0 aromatic carbocycles. The Morgan fingerprint density at radius 2 is 2.30 bits per heavy atom. The van der Waals surface area contributed by atoms with Gasteiger partial charge in [0.15, 0.2) is 0 Å². The van der Waals surface area contributed by atoms with Gasteiger partial charge in [-0.05, 0) is 13.8 Å². The van der Waals surface area contributed by atoms with Crippen molar-refractivity contribution in [1.29, 1.82) is 0 Å². The summed E-state index contributed by atoms with van der Waals surface area (Å²) < 4.78 is 0. The molecule has 0 aromatic rings. The Bertz CT molecular complexity index is 152. The van der Waals surface area contributed by atoms with Gasteiger partial charge in [0, 0.05) is 5.88 Å². The van der Waals surface area contributed by atoms with Crippen LogP contribution in [0.5, 0.6) is 0 Å². The van der Waals surface area contributed by atoms with Crippen LogP contribution in [-0.2, 0) is 4.79 Å². The van der Waals surface area contributed by atoms with Crippen LogP contribution in [0, 0.1) is 5.92 Å². The van der Waals surface area contributed by atoms with E-state index in [1.807, 2.05) is 6.92 Å². The van der Waals surface area contributed by atoms with E-state index in [0.29, 0.717) is 5.88 Å². The number of allylic oxidation sites excluding steroid dienone is 1. The number of carboxylic acid groups (broad SMARTS) is 1. The van der Waals surface area contributed by atoms with Crippen molar-refractivity contribution in [3.05, 3.63) is 11.6 Å². The third-order valence-corrected chi connectivity index (χ3v) is 1.56. The number of carbonyl (C=O) groups is 1. The molecule has 1 N–H and O–H groups in total. The molecule has 2 nitrogen and oxygen atoms in total. The van der Waals surface area contributed by atoms with Gasteiger partial charge in [0.1, 0.15) is 0 Å². The molecule has 0 aliphatic carbocycles. The maximum atomic E-state index is 10.3. The molecule has 0 unspecified atom stereocenters. The average molecular weight is 163 g/mol. The fourth-order valence-corrected chi connectivity index (χ4v) is 0.632. The summed E-state index contributed by atoms with van der Waals surface area (Å²) in [5.41, 5.74) is 0.900. The Hall–Kier alpha value is -0.500. The van der Waals surface area contributed by atoms with Crippen LogP contribution in [0.2, 0.25) is 0 Å². The molecule has 0 rings (SSSR count). The van der Waals surface area contributed by atoms with Crippen molar-refractivity contribution in [2.45, 2.75) is 13.8 Å². The highest BCUT2D eigenvalue weighted by Crippen LogP contribution is 2.03. The number of hydrogen-bond donors (Lipinski definition) is 1. The lowest BCUT2D eigenvalue weighted by Crippen LogP contribution is -2.06. The average Bonchev–Trinajstić information content (AvgIpc) is 1.87. The number of halogens is 1. The first-order valence-electron chi connectivity index (χ1n) is 3.04.